The van der Waals surface area contributed by atoms with Crippen molar-refractivity contribution in [2.45, 2.75) is 30.7 Å². The second-order valence-corrected chi connectivity index (χ2v) is 3.04. The van der Waals surface area contributed by atoms with Crippen molar-refractivity contribution in [3.63, 3.8) is 0 Å². The number of carbonyl (C=O) groups is 1. The van der Waals surface area contributed by atoms with Gasteiger partial charge in [-0.05, 0) is 0 Å². The lowest BCUT2D eigenvalue weighted by Crippen LogP contribution is -2.32. The number of methoxy groups -OCH3 is 1. The smallest absolute Gasteiger partial charge is 0.338 e. The summed E-state index contributed by atoms with van der Waals surface area (Å²) in [7, 11) is 1.36. The zero-order chi connectivity index (χ0) is 9.59. The number of hydrogen-bond acceptors (Lipinski definition) is 6. The predicted molar refractivity (Wildman–Crippen MR) is 37.6 cm³/mol. The molecule has 0 unspecified atom stereocenters. The number of rotatable bonds is 1. The molecule has 0 bridgehead atoms. The summed E-state index contributed by atoms with van der Waals surface area (Å²) in [6.07, 6.45) is -4.81. The molecule has 74 valence electrons. The highest BCUT2D eigenvalue weighted by molar-refractivity contribution is 5.78. The molecule has 2 aliphatic rings. The topological polar surface area (TPSA) is 85.2 Å². The highest BCUT2D eigenvalue weighted by Gasteiger charge is 2.56. The van der Waals surface area contributed by atoms with Crippen LogP contribution < -0.4 is 0 Å². The minimum atomic E-state index is -1.32. The van der Waals surface area contributed by atoms with Gasteiger partial charge in [0.05, 0.1) is 0 Å². The predicted octanol–water partition coefficient (Wildman–Crippen LogP) is -2.00. The highest BCUT2D eigenvalue weighted by atomic mass is 16.7. The molecule has 0 aliphatic carbocycles. The second-order valence-electron chi connectivity index (χ2n) is 3.04. The first kappa shape index (κ1) is 8.89. The van der Waals surface area contributed by atoms with E-state index in [2.05, 4.69) is 0 Å². The van der Waals surface area contributed by atoms with Crippen LogP contribution in [0.15, 0.2) is 0 Å². The summed E-state index contributed by atoms with van der Waals surface area (Å²) in [5.74, 6) is -0.761. The van der Waals surface area contributed by atoms with Crippen molar-refractivity contribution in [1.29, 1.82) is 0 Å². The number of fused-ring (bicyclic) bond motifs is 1. The molecule has 2 rings (SSSR count). The molecule has 2 saturated heterocycles. The fourth-order valence-corrected chi connectivity index (χ4v) is 1.59. The van der Waals surface area contributed by atoms with Gasteiger partial charge < -0.3 is 24.4 Å². The second kappa shape index (κ2) is 2.91. The maximum atomic E-state index is 10.8. The van der Waals surface area contributed by atoms with Crippen molar-refractivity contribution >= 4 is 5.97 Å². The van der Waals surface area contributed by atoms with E-state index in [1.54, 1.807) is 0 Å². The van der Waals surface area contributed by atoms with Crippen molar-refractivity contribution in [3.05, 3.63) is 0 Å². The lowest BCUT2D eigenvalue weighted by Gasteiger charge is -2.14. The van der Waals surface area contributed by atoms with Gasteiger partial charge in [0.25, 0.3) is 0 Å². The van der Waals surface area contributed by atoms with Gasteiger partial charge in [-0.2, -0.15) is 0 Å². The van der Waals surface area contributed by atoms with E-state index in [0.717, 1.165) is 0 Å². The standard InChI is InChI=1S/C7H10O6/c1-11-7-3(9)5-4(13-7)2(8)6(10)12-5/h2-5,7-9H,1H3/t2-,3-,4+,5+,7-/m1/s1. The van der Waals surface area contributed by atoms with Crippen LogP contribution >= 0.6 is 0 Å². The van der Waals surface area contributed by atoms with Gasteiger partial charge in [-0.15, -0.1) is 0 Å². The Morgan fingerprint density at radius 3 is 2.62 bits per heavy atom. The van der Waals surface area contributed by atoms with Gasteiger partial charge in [-0.1, -0.05) is 0 Å². The molecule has 5 atom stereocenters. The summed E-state index contributed by atoms with van der Waals surface area (Å²) in [4.78, 5) is 10.8. The van der Waals surface area contributed by atoms with Gasteiger partial charge in [0.15, 0.2) is 18.5 Å². The largest absolute Gasteiger partial charge is 0.454 e. The van der Waals surface area contributed by atoms with Crippen LogP contribution in [0.25, 0.3) is 0 Å². The minimum Gasteiger partial charge on any atom is -0.454 e. The fraction of sp³-hybridized carbons (Fsp3) is 0.857. The first-order chi connectivity index (χ1) is 6.15. The summed E-state index contributed by atoms with van der Waals surface area (Å²) in [5, 5.41) is 18.7. The van der Waals surface area contributed by atoms with E-state index in [9.17, 15) is 15.0 Å². The molecule has 6 heteroatoms. The summed E-state index contributed by atoms with van der Waals surface area (Å²) >= 11 is 0. The van der Waals surface area contributed by atoms with Crippen molar-refractivity contribution in [2.24, 2.45) is 0 Å². The molecular weight excluding hydrogens is 180 g/mol. The summed E-state index contributed by atoms with van der Waals surface area (Å²) < 4.78 is 14.5. The van der Waals surface area contributed by atoms with E-state index in [1.165, 1.54) is 7.11 Å². The molecule has 6 nitrogen and oxygen atoms in total. The molecular formula is C7H10O6. The Bertz CT molecular complexity index is 229. The molecule has 2 fully saturated rings. The third kappa shape index (κ3) is 1.14. The Morgan fingerprint density at radius 2 is 2.08 bits per heavy atom. The average Bonchev–Trinajstić information content (AvgIpc) is 2.56. The first-order valence-corrected chi connectivity index (χ1v) is 3.90. The van der Waals surface area contributed by atoms with Crippen LogP contribution in [0.1, 0.15) is 0 Å². The van der Waals surface area contributed by atoms with E-state index < -0.39 is 36.7 Å². The van der Waals surface area contributed by atoms with Crippen LogP contribution in [-0.4, -0.2) is 54.0 Å². The zero-order valence-corrected chi connectivity index (χ0v) is 6.91. The Balaban J connectivity index is 2.14. The Labute approximate surface area is 74.0 Å². The van der Waals surface area contributed by atoms with Crippen LogP contribution in [0.3, 0.4) is 0 Å². The van der Waals surface area contributed by atoms with E-state index in [-0.39, 0.29) is 0 Å². The number of aliphatic hydroxyl groups is 2. The molecule has 0 saturated carbocycles. The number of esters is 1. The third-order valence-corrected chi connectivity index (χ3v) is 2.27. The van der Waals surface area contributed by atoms with Gasteiger partial charge in [0.2, 0.25) is 0 Å². The number of aliphatic hydroxyl groups excluding tert-OH is 2. The van der Waals surface area contributed by atoms with Crippen molar-refractivity contribution in [1.82, 2.24) is 0 Å². The Morgan fingerprint density at radius 1 is 1.38 bits per heavy atom. The van der Waals surface area contributed by atoms with Gasteiger partial charge in [0, 0.05) is 7.11 Å². The normalized spacial score (nSPS) is 49.2. The molecule has 13 heavy (non-hydrogen) atoms. The van der Waals surface area contributed by atoms with E-state index in [4.69, 9.17) is 14.2 Å². The van der Waals surface area contributed by atoms with Crippen LogP contribution in [0.5, 0.6) is 0 Å². The number of ether oxygens (including phenoxy) is 3. The van der Waals surface area contributed by atoms with Gasteiger partial charge >= 0.3 is 5.97 Å². The monoisotopic (exact) mass is 190 g/mol. The maximum Gasteiger partial charge on any atom is 0.338 e. The number of carbonyl (C=O) groups excluding carboxylic acids is 1. The third-order valence-electron chi connectivity index (χ3n) is 2.27. The molecule has 2 heterocycles. The maximum absolute atomic E-state index is 10.8. The molecule has 0 radical (unpaired) electrons. The van der Waals surface area contributed by atoms with Crippen LogP contribution in [-0.2, 0) is 19.0 Å². The van der Waals surface area contributed by atoms with Gasteiger partial charge in [-0.3, -0.25) is 0 Å². The van der Waals surface area contributed by atoms with Crippen molar-refractivity contribution in [3.8, 4) is 0 Å². The molecule has 0 aromatic heterocycles. The van der Waals surface area contributed by atoms with Crippen LogP contribution in [0.4, 0.5) is 0 Å². The Hall–Kier alpha value is -0.690. The van der Waals surface area contributed by atoms with Crippen molar-refractivity contribution in [2.75, 3.05) is 7.11 Å². The zero-order valence-electron chi connectivity index (χ0n) is 6.91. The van der Waals surface area contributed by atoms with Gasteiger partial charge in [0.1, 0.15) is 12.2 Å². The van der Waals surface area contributed by atoms with E-state index in [1.807, 2.05) is 0 Å². The molecule has 0 aromatic carbocycles. The molecule has 2 aliphatic heterocycles. The summed E-state index contributed by atoms with van der Waals surface area (Å²) in [5.41, 5.74) is 0. The SMILES string of the molecule is CO[C@@H]1O[C@@H]2[C@@H](OC(=O)[C@@H]2O)[C@H]1O. The molecule has 0 aromatic rings. The minimum absolute atomic E-state index is 0.761. The first-order valence-electron chi connectivity index (χ1n) is 3.90. The van der Waals surface area contributed by atoms with Gasteiger partial charge in [-0.25, -0.2) is 4.79 Å². The van der Waals surface area contributed by atoms with E-state index >= 15 is 0 Å². The fourth-order valence-electron chi connectivity index (χ4n) is 1.59. The molecule has 0 amide bonds. The van der Waals surface area contributed by atoms with E-state index in [0.29, 0.717) is 0 Å². The Kier molecular flexibility index (Phi) is 1.99. The summed E-state index contributed by atoms with van der Waals surface area (Å²) in [6.45, 7) is 0. The summed E-state index contributed by atoms with van der Waals surface area (Å²) in [6, 6.07) is 0. The lowest BCUT2D eigenvalue weighted by molar-refractivity contribution is -0.177. The highest BCUT2D eigenvalue weighted by Crippen LogP contribution is 2.31. The molecule has 2 N–H and O–H groups in total. The average molecular weight is 190 g/mol. The van der Waals surface area contributed by atoms with Crippen LogP contribution in [0, 0.1) is 0 Å². The quantitative estimate of drug-likeness (QED) is 0.465. The van der Waals surface area contributed by atoms with Crippen molar-refractivity contribution < 1.29 is 29.2 Å². The lowest BCUT2D eigenvalue weighted by atomic mass is 10.1. The van der Waals surface area contributed by atoms with Crippen LogP contribution in [0.2, 0.25) is 0 Å². The number of hydrogen-bond donors (Lipinski definition) is 2. The molecule has 0 spiro atoms.